The molecule has 0 radical (unpaired) electrons. The summed E-state index contributed by atoms with van der Waals surface area (Å²) in [5.41, 5.74) is 2.67. The zero-order valence-electron chi connectivity index (χ0n) is 11.0. The van der Waals surface area contributed by atoms with Crippen LogP contribution >= 0.6 is 0 Å². The molecule has 1 heterocycles. The molecule has 0 fully saturated rings. The summed E-state index contributed by atoms with van der Waals surface area (Å²) in [6, 6.07) is 8.48. The number of aromatic nitrogens is 2. The number of nitrogens with zero attached hydrogens (tertiary/aromatic N) is 2. The van der Waals surface area contributed by atoms with Crippen molar-refractivity contribution in [2.45, 2.75) is 25.4 Å². The predicted molar refractivity (Wildman–Crippen MR) is 74.3 cm³/mol. The van der Waals surface area contributed by atoms with Crippen LogP contribution in [0.5, 0.6) is 5.88 Å². The molecule has 4 nitrogen and oxygen atoms in total. The number of hydrogen-bond donors (Lipinski definition) is 1. The Morgan fingerprint density at radius 3 is 3.05 bits per heavy atom. The highest BCUT2D eigenvalue weighted by molar-refractivity contribution is 5.34. The Morgan fingerprint density at radius 2 is 2.16 bits per heavy atom. The molecule has 1 aliphatic carbocycles. The minimum atomic E-state index is 0.0892. The summed E-state index contributed by atoms with van der Waals surface area (Å²) >= 11 is 0. The second-order valence-electron chi connectivity index (χ2n) is 4.69. The van der Waals surface area contributed by atoms with Crippen molar-refractivity contribution in [3.05, 3.63) is 47.8 Å². The van der Waals surface area contributed by atoms with Gasteiger partial charge in [0.25, 0.3) is 0 Å². The minimum absolute atomic E-state index is 0.0892. The third-order valence-corrected chi connectivity index (χ3v) is 3.45. The van der Waals surface area contributed by atoms with E-state index in [-0.39, 0.29) is 6.10 Å². The van der Waals surface area contributed by atoms with Gasteiger partial charge in [0.2, 0.25) is 5.88 Å². The maximum Gasteiger partial charge on any atom is 0.234 e. The van der Waals surface area contributed by atoms with Gasteiger partial charge in [0.1, 0.15) is 11.9 Å². The van der Waals surface area contributed by atoms with Gasteiger partial charge in [0.15, 0.2) is 0 Å². The number of anilines is 1. The maximum absolute atomic E-state index is 6.01. The van der Waals surface area contributed by atoms with Crippen molar-refractivity contribution in [1.82, 2.24) is 9.97 Å². The van der Waals surface area contributed by atoms with Crippen LogP contribution < -0.4 is 10.1 Å². The summed E-state index contributed by atoms with van der Waals surface area (Å²) < 4.78 is 6.01. The molecule has 1 aliphatic rings. The van der Waals surface area contributed by atoms with Crippen LogP contribution in [0.4, 0.5) is 5.82 Å². The molecule has 4 heteroatoms. The monoisotopic (exact) mass is 255 g/mol. The molecular weight excluding hydrogens is 238 g/mol. The average Bonchev–Trinajstić information content (AvgIpc) is 2.48. The fourth-order valence-corrected chi connectivity index (χ4v) is 2.50. The molecule has 1 aromatic heterocycles. The molecule has 0 spiro atoms. The van der Waals surface area contributed by atoms with Crippen molar-refractivity contribution in [3.8, 4) is 5.88 Å². The Labute approximate surface area is 112 Å². The fraction of sp³-hybridized carbons (Fsp3) is 0.333. The van der Waals surface area contributed by atoms with Crippen LogP contribution in [0.2, 0.25) is 0 Å². The van der Waals surface area contributed by atoms with Crippen LogP contribution in [0.25, 0.3) is 0 Å². The Balaban J connectivity index is 1.84. The van der Waals surface area contributed by atoms with Gasteiger partial charge >= 0.3 is 0 Å². The van der Waals surface area contributed by atoms with Gasteiger partial charge < -0.3 is 10.1 Å². The van der Waals surface area contributed by atoms with E-state index in [0.29, 0.717) is 5.88 Å². The van der Waals surface area contributed by atoms with Gasteiger partial charge in [-0.2, -0.15) is 4.98 Å². The number of benzene rings is 1. The highest BCUT2D eigenvalue weighted by atomic mass is 16.5. The van der Waals surface area contributed by atoms with Crippen LogP contribution in [0.15, 0.2) is 36.7 Å². The lowest BCUT2D eigenvalue weighted by atomic mass is 9.89. The first-order valence-electron chi connectivity index (χ1n) is 6.61. The van der Waals surface area contributed by atoms with Crippen molar-refractivity contribution < 1.29 is 4.74 Å². The van der Waals surface area contributed by atoms with Gasteiger partial charge in [-0.1, -0.05) is 24.3 Å². The molecule has 1 unspecified atom stereocenters. The van der Waals surface area contributed by atoms with Crippen LogP contribution in [0.1, 0.15) is 30.1 Å². The number of fused-ring (bicyclic) bond motifs is 1. The minimum Gasteiger partial charge on any atom is -0.468 e. The summed E-state index contributed by atoms with van der Waals surface area (Å²) in [5, 5.41) is 2.97. The van der Waals surface area contributed by atoms with E-state index in [2.05, 4.69) is 39.6 Å². The van der Waals surface area contributed by atoms with E-state index < -0.39 is 0 Å². The molecule has 1 aromatic carbocycles. The molecule has 2 aromatic rings. The molecule has 19 heavy (non-hydrogen) atoms. The first-order valence-corrected chi connectivity index (χ1v) is 6.61. The van der Waals surface area contributed by atoms with Gasteiger partial charge in [-0.15, -0.1) is 0 Å². The van der Waals surface area contributed by atoms with E-state index >= 15 is 0 Å². The zero-order chi connectivity index (χ0) is 13.1. The lowest BCUT2D eigenvalue weighted by Crippen LogP contribution is -2.15. The zero-order valence-corrected chi connectivity index (χ0v) is 11.0. The van der Waals surface area contributed by atoms with Crippen molar-refractivity contribution in [2.75, 3.05) is 12.4 Å². The molecule has 0 amide bonds. The first kappa shape index (κ1) is 12.0. The summed E-state index contributed by atoms with van der Waals surface area (Å²) in [6.07, 6.45) is 6.76. The van der Waals surface area contributed by atoms with E-state index in [0.717, 1.165) is 25.1 Å². The molecule has 1 atom stereocenters. The third-order valence-electron chi connectivity index (χ3n) is 3.45. The van der Waals surface area contributed by atoms with Gasteiger partial charge in [0.05, 0.1) is 12.4 Å². The molecule has 0 aliphatic heterocycles. The van der Waals surface area contributed by atoms with Crippen molar-refractivity contribution >= 4 is 5.82 Å². The number of rotatable bonds is 3. The number of ether oxygens (including phenoxy) is 1. The van der Waals surface area contributed by atoms with E-state index in [4.69, 9.17) is 4.74 Å². The smallest absolute Gasteiger partial charge is 0.234 e. The number of aryl methyl sites for hydroxylation is 1. The fourth-order valence-electron chi connectivity index (χ4n) is 2.50. The topological polar surface area (TPSA) is 47.0 Å². The highest BCUT2D eigenvalue weighted by Crippen LogP contribution is 2.32. The average molecular weight is 255 g/mol. The second kappa shape index (κ2) is 5.26. The molecule has 0 bridgehead atoms. The van der Waals surface area contributed by atoms with Gasteiger partial charge in [-0.25, -0.2) is 0 Å². The maximum atomic E-state index is 6.01. The molecule has 1 N–H and O–H groups in total. The Hall–Kier alpha value is -2.10. The summed E-state index contributed by atoms with van der Waals surface area (Å²) in [7, 11) is 1.82. The lowest BCUT2D eigenvalue weighted by Gasteiger charge is -2.25. The first-order chi connectivity index (χ1) is 9.36. The SMILES string of the molecule is CNc1cncc(OC2CCCc3ccccc32)n1. The van der Waals surface area contributed by atoms with Gasteiger partial charge in [-0.05, 0) is 30.4 Å². The molecule has 0 saturated carbocycles. The van der Waals surface area contributed by atoms with Crippen LogP contribution in [-0.2, 0) is 6.42 Å². The van der Waals surface area contributed by atoms with E-state index in [1.54, 1.807) is 12.4 Å². The van der Waals surface area contributed by atoms with Crippen LogP contribution in [0.3, 0.4) is 0 Å². The van der Waals surface area contributed by atoms with Crippen LogP contribution in [-0.4, -0.2) is 17.0 Å². The van der Waals surface area contributed by atoms with E-state index in [1.807, 2.05) is 7.05 Å². The van der Waals surface area contributed by atoms with Gasteiger partial charge in [0, 0.05) is 7.05 Å². The lowest BCUT2D eigenvalue weighted by molar-refractivity contribution is 0.175. The number of hydrogen-bond acceptors (Lipinski definition) is 4. The second-order valence-corrected chi connectivity index (χ2v) is 4.69. The number of nitrogens with one attached hydrogen (secondary N) is 1. The third kappa shape index (κ3) is 2.52. The largest absolute Gasteiger partial charge is 0.468 e. The highest BCUT2D eigenvalue weighted by Gasteiger charge is 2.21. The van der Waals surface area contributed by atoms with Crippen molar-refractivity contribution in [1.29, 1.82) is 0 Å². The quantitative estimate of drug-likeness (QED) is 0.916. The Bertz CT molecular complexity index is 571. The Morgan fingerprint density at radius 1 is 1.26 bits per heavy atom. The molecular formula is C15H17N3O. The normalized spacial score (nSPS) is 17.6. The summed E-state index contributed by atoms with van der Waals surface area (Å²) in [4.78, 5) is 8.49. The van der Waals surface area contributed by atoms with Crippen molar-refractivity contribution in [3.63, 3.8) is 0 Å². The van der Waals surface area contributed by atoms with Gasteiger partial charge in [-0.3, -0.25) is 4.98 Å². The standard InChI is InChI=1S/C15H17N3O/c1-16-14-9-17-10-15(18-14)19-13-8-4-6-11-5-2-3-7-12(11)13/h2-3,5,7,9-10,13H,4,6,8H2,1H3,(H,16,18). The van der Waals surface area contributed by atoms with E-state index in [9.17, 15) is 0 Å². The van der Waals surface area contributed by atoms with E-state index in [1.165, 1.54) is 11.1 Å². The summed E-state index contributed by atoms with van der Waals surface area (Å²) in [6.45, 7) is 0. The Kier molecular flexibility index (Phi) is 3.31. The predicted octanol–water partition coefficient (Wildman–Crippen LogP) is 2.97. The molecule has 98 valence electrons. The van der Waals surface area contributed by atoms with Crippen molar-refractivity contribution in [2.24, 2.45) is 0 Å². The van der Waals surface area contributed by atoms with Crippen LogP contribution in [0, 0.1) is 0 Å². The molecule has 0 saturated heterocycles. The summed E-state index contributed by atoms with van der Waals surface area (Å²) in [5.74, 6) is 1.30. The molecule has 3 rings (SSSR count).